The van der Waals surface area contributed by atoms with Crippen LogP contribution < -0.4 is 0 Å². The summed E-state index contributed by atoms with van der Waals surface area (Å²) in [6.07, 6.45) is 0. The van der Waals surface area contributed by atoms with Crippen LogP contribution in [0.3, 0.4) is 0 Å². The predicted molar refractivity (Wildman–Crippen MR) is 85.0 cm³/mol. The van der Waals surface area contributed by atoms with Gasteiger partial charge in [0.25, 0.3) is 0 Å². The molecular formula is C17H15NO2S. The Morgan fingerprint density at radius 2 is 1.95 bits per heavy atom. The van der Waals surface area contributed by atoms with E-state index in [1.54, 1.807) is 17.4 Å². The van der Waals surface area contributed by atoms with Crippen molar-refractivity contribution in [2.45, 2.75) is 13.5 Å². The third-order valence-corrected chi connectivity index (χ3v) is 4.45. The van der Waals surface area contributed by atoms with Crippen molar-refractivity contribution >= 4 is 17.3 Å². The van der Waals surface area contributed by atoms with Gasteiger partial charge >= 0.3 is 5.97 Å². The Bertz CT molecular complexity index is 758. The second-order valence-corrected chi connectivity index (χ2v) is 5.83. The van der Waals surface area contributed by atoms with Crippen LogP contribution in [0.4, 0.5) is 0 Å². The first-order valence-electron chi connectivity index (χ1n) is 6.68. The molecule has 0 radical (unpaired) electrons. The summed E-state index contributed by atoms with van der Waals surface area (Å²) in [5.74, 6) is -0.878. The van der Waals surface area contributed by atoms with Crippen molar-refractivity contribution in [2.24, 2.45) is 0 Å². The minimum Gasteiger partial charge on any atom is -0.478 e. The van der Waals surface area contributed by atoms with E-state index in [4.69, 9.17) is 0 Å². The van der Waals surface area contributed by atoms with Crippen LogP contribution >= 0.6 is 11.3 Å². The molecule has 3 rings (SSSR count). The summed E-state index contributed by atoms with van der Waals surface area (Å²) >= 11 is 1.62. The van der Waals surface area contributed by atoms with E-state index in [1.807, 2.05) is 42.6 Å². The van der Waals surface area contributed by atoms with Crippen LogP contribution in [0.5, 0.6) is 0 Å². The maximum absolute atomic E-state index is 11.4. The summed E-state index contributed by atoms with van der Waals surface area (Å²) in [7, 11) is 0. The quantitative estimate of drug-likeness (QED) is 0.781. The Hall–Kier alpha value is -2.33. The molecular weight excluding hydrogens is 282 g/mol. The average molecular weight is 297 g/mol. The van der Waals surface area contributed by atoms with E-state index in [0.717, 1.165) is 21.8 Å². The number of aromatic nitrogens is 1. The highest BCUT2D eigenvalue weighted by Crippen LogP contribution is 2.30. The topological polar surface area (TPSA) is 42.2 Å². The molecule has 0 atom stereocenters. The highest BCUT2D eigenvalue weighted by molar-refractivity contribution is 7.13. The molecule has 1 N–H and O–H groups in total. The van der Waals surface area contributed by atoms with Gasteiger partial charge in [-0.15, -0.1) is 11.3 Å². The van der Waals surface area contributed by atoms with Crippen molar-refractivity contribution in [3.8, 4) is 10.6 Å². The van der Waals surface area contributed by atoms with Crippen LogP contribution in [0.1, 0.15) is 21.6 Å². The lowest BCUT2D eigenvalue weighted by Crippen LogP contribution is -2.05. The van der Waals surface area contributed by atoms with Gasteiger partial charge in [0, 0.05) is 12.2 Å². The highest BCUT2D eigenvalue weighted by Gasteiger charge is 2.18. The molecule has 0 spiro atoms. The summed E-state index contributed by atoms with van der Waals surface area (Å²) in [6.45, 7) is 2.54. The summed E-state index contributed by atoms with van der Waals surface area (Å²) < 4.78 is 2.07. The van der Waals surface area contributed by atoms with Crippen molar-refractivity contribution in [3.05, 3.63) is 70.7 Å². The zero-order chi connectivity index (χ0) is 14.8. The van der Waals surface area contributed by atoms with Gasteiger partial charge in [0.1, 0.15) is 0 Å². The van der Waals surface area contributed by atoms with Gasteiger partial charge in [-0.1, -0.05) is 36.4 Å². The van der Waals surface area contributed by atoms with Crippen LogP contribution in [0, 0.1) is 6.92 Å². The maximum Gasteiger partial charge on any atom is 0.337 e. The first-order valence-corrected chi connectivity index (χ1v) is 7.56. The van der Waals surface area contributed by atoms with E-state index in [2.05, 4.69) is 16.7 Å². The summed E-state index contributed by atoms with van der Waals surface area (Å²) in [5, 5.41) is 11.4. The smallest absolute Gasteiger partial charge is 0.337 e. The molecule has 0 saturated carbocycles. The molecule has 4 heteroatoms. The lowest BCUT2D eigenvalue weighted by Gasteiger charge is -2.11. The van der Waals surface area contributed by atoms with Crippen LogP contribution in [0.25, 0.3) is 10.6 Å². The Morgan fingerprint density at radius 3 is 2.57 bits per heavy atom. The lowest BCUT2D eigenvalue weighted by molar-refractivity contribution is 0.0696. The van der Waals surface area contributed by atoms with E-state index >= 15 is 0 Å². The predicted octanol–water partition coefficient (Wildman–Crippen LogP) is 4.27. The summed E-state index contributed by atoms with van der Waals surface area (Å²) in [4.78, 5) is 12.5. The number of hydrogen-bond donors (Lipinski definition) is 1. The first kappa shape index (κ1) is 13.6. The molecule has 0 amide bonds. The minimum atomic E-state index is -0.878. The molecule has 0 fully saturated rings. The normalized spacial score (nSPS) is 10.7. The zero-order valence-electron chi connectivity index (χ0n) is 11.6. The number of carboxylic acid groups (broad SMARTS) is 1. The summed E-state index contributed by atoms with van der Waals surface area (Å²) in [6, 6.07) is 15.9. The maximum atomic E-state index is 11.4. The van der Waals surface area contributed by atoms with E-state index in [-0.39, 0.29) is 0 Å². The largest absolute Gasteiger partial charge is 0.478 e. The van der Waals surface area contributed by atoms with Gasteiger partial charge in [0.2, 0.25) is 0 Å². The van der Waals surface area contributed by atoms with E-state index < -0.39 is 5.97 Å². The third kappa shape index (κ3) is 2.62. The summed E-state index contributed by atoms with van der Waals surface area (Å²) in [5.41, 5.74) is 3.28. The minimum absolute atomic E-state index is 0.370. The number of carboxylic acids is 1. The molecule has 0 bridgehead atoms. The van der Waals surface area contributed by atoms with Crippen molar-refractivity contribution in [3.63, 3.8) is 0 Å². The van der Waals surface area contributed by atoms with Gasteiger partial charge in [0.15, 0.2) is 0 Å². The van der Waals surface area contributed by atoms with Crippen molar-refractivity contribution in [1.82, 2.24) is 4.57 Å². The second-order valence-electron chi connectivity index (χ2n) is 4.88. The Labute approximate surface area is 127 Å². The molecule has 0 unspecified atom stereocenters. The van der Waals surface area contributed by atoms with E-state index in [1.165, 1.54) is 0 Å². The number of rotatable bonds is 4. The van der Waals surface area contributed by atoms with Crippen LogP contribution in [-0.4, -0.2) is 15.6 Å². The van der Waals surface area contributed by atoms with Gasteiger partial charge in [-0.3, -0.25) is 0 Å². The molecule has 0 aliphatic carbocycles. The standard InChI is InChI=1S/C17H15NO2S/c1-12-14(17(19)20)10-15(16-8-5-9-21-16)18(12)11-13-6-3-2-4-7-13/h2-10H,11H2,1H3,(H,19,20). The number of carbonyl (C=O) groups is 1. The zero-order valence-corrected chi connectivity index (χ0v) is 12.4. The van der Waals surface area contributed by atoms with Gasteiger partial charge in [-0.2, -0.15) is 0 Å². The monoisotopic (exact) mass is 297 g/mol. The van der Waals surface area contributed by atoms with Crippen LogP contribution in [0.2, 0.25) is 0 Å². The van der Waals surface area contributed by atoms with E-state index in [0.29, 0.717) is 12.1 Å². The van der Waals surface area contributed by atoms with Crippen molar-refractivity contribution in [1.29, 1.82) is 0 Å². The molecule has 21 heavy (non-hydrogen) atoms. The number of benzene rings is 1. The molecule has 3 nitrogen and oxygen atoms in total. The van der Waals surface area contributed by atoms with Gasteiger partial charge in [-0.25, -0.2) is 4.79 Å². The fourth-order valence-electron chi connectivity index (χ4n) is 2.46. The fraction of sp³-hybridized carbons (Fsp3) is 0.118. The Balaban J connectivity index is 2.11. The van der Waals surface area contributed by atoms with Crippen LogP contribution in [0.15, 0.2) is 53.9 Å². The molecule has 2 aromatic heterocycles. The highest BCUT2D eigenvalue weighted by atomic mass is 32.1. The number of nitrogens with zero attached hydrogens (tertiary/aromatic N) is 1. The fourth-order valence-corrected chi connectivity index (χ4v) is 3.21. The molecule has 0 saturated heterocycles. The van der Waals surface area contributed by atoms with Gasteiger partial charge < -0.3 is 9.67 Å². The van der Waals surface area contributed by atoms with Crippen molar-refractivity contribution < 1.29 is 9.90 Å². The number of aromatic carboxylic acids is 1. The van der Waals surface area contributed by atoms with Crippen LogP contribution in [-0.2, 0) is 6.54 Å². The molecule has 0 aliphatic heterocycles. The van der Waals surface area contributed by atoms with Gasteiger partial charge in [0.05, 0.1) is 16.1 Å². The first-order chi connectivity index (χ1) is 10.2. The molecule has 2 heterocycles. The van der Waals surface area contributed by atoms with E-state index in [9.17, 15) is 9.90 Å². The molecule has 3 aromatic rings. The molecule has 106 valence electrons. The third-order valence-electron chi connectivity index (χ3n) is 3.55. The molecule has 0 aliphatic rings. The van der Waals surface area contributed by atoms with Gasteiger partial charge in [-0.05, 0) is 30.0 Å². The number of thiophene rings is 1. The molecule has 1 aromatic carbocycles. The second kappa shape index (κ2) is 5.58. The Morgan fingerprint density at radius 1 is 1.19 bits per heavy atom. The number of hydrogen-bond acceptors (Lipinski definition) is 2. The lowest BCUT2D eigenvalue weighted by atomic mass is 10.2. The SMILES string of the molecule is Cc1c(C(=O)O)cc(-c2cccs2)n1Cc1ccccc1. The Kier molecular flexibility index (Phi) is 3.62. The average Bonchev–Trinajstić information content (AvgIpc) is 3.09. The van der Waals surface area contributed by atoms with Crippen molar-refractivity contribution in [2.75, 3.05) is 0 Å².